The molecule has 0 saturated carbocycles. The van der Waals surface area contributed by atoms with Crippen molar-refractivity contribution in [3.05, 3.63) is 41.3 Å². The average Bonchev–Trinajstić information content (AvgIpc) is 2.31. The molecule has 0 bridgehead atoms. The summed E-state index contributed by atoms with van der Waals surface area (Å²) in [7, 11) is -4.02. The van der Waals surface area contributed by atoms with E-state index in [1.54, 1.807) is 23.9 Å². The quantitative estimate of drug-likeness (QED) is 0.797. The lowest BCUT2D eigenvalue weighted by atomic mass is 10.2. The smallest absolute Gasteiger partial charge is 0.282 e. The van der Waals surface area contributed by atoms with Gasteiger partial charge in [-0.2, -0.15) is 8.42 Å². The lowest BCUT2D eigenvalue weighted by Crippen LogP contribution is -1.96. The van der Waals surface area contributed by atoms with Crippen molar-refractivity contribution < 1.29 is 13.0 Å². The largest absolute Gasteiger partial charge is 0.294 e. The molecular formula is C11H13NO3S2. The highest BCUT2D eigenvalue weighted by Gasteiger charge is 2.06. The van der Waals surface area contributed by atoms with Crippen molar-refractivity contribution in [3.8, 4) is 0 Å². The third-order valence-corrected chi connectivity index (χ3v) is 3.35. The van der Waals surface area contributed by atoms with E-state index in [2.05, 4.69) is 4.99 Å². The number of nitrogens with zero attached hydrogens (tertiary/aromatic N) is 1. The second-order valence-corrected chi connectivity index (χ2v) is 5.53. The third kappa shape index (κ3) is 5.67. The molecule has 6 heteroatoms. The van der Waals surface area contributed by atoms with Crippen LogP contribution in [0.4, 0.5) is 0 Å². The highest BCUT2D eigenvalue weighted by molar-refractivity contribution is 8.02. The Labute approximate surface area is 105 Å². The Balaban J connectivity index is 0.000000202. The summed E-state index contributed by atoms with van der Waals surface area (Å²) < 4.78 is 29.6. The van der Waals surface area contributed by atoms with Crippen molar-refractivity contribution in [1.29, 1.82) is 0 Å². The minimum atomic E-state index is -4.02. The van der Waals surface area contributed by atoms with Crippen LogP contribution in [-0.4, -0.2) is 25.1 Å². The zero-order valence-corrected chi connectivity index (χ0v) is 10.9. The molecule has 1 aromatic carbocycles. The number of hydrogen-bond donors (Lipinski definition) is 1. The predicted molar refractivity (Wildman–Crippen MR) is 71.1 cm³/mol. The molecule has 0 spiro atoms. The normalized spacial score (nSPS) is 14.0. The number of aliphatic imine (C=N–C) groups is 1. The number of hydrogen-bond acceptors (Lipinski definition) is 4. The van der Waals surface area contributed by atoms with E-state index in [9.17, 15) is 8.42 Å². The third-order valence-electron chi connectivity index (χ3n) is 1.83. The first-order valence-corrected chi connectivity index (χ1v) is 7.30. The summed E-state index contributed by atoms with van der Waals surface area (Å²) in [5, 5.41) is 2.03. The van der Waals surface area contributed by atoms with Crippen LogP contribution < -0.4 is 0 Å². The van der Waals surface area contributed by atoms with Crippen LogP contribution in [0.2, 0.25) is 0 Å². The molecule has 0 saturated heterocycles. The van der Waals surface area contributed by atoms with Crippen LogP contribution in [0.25, 0.3) is 0 Å². The van der Waals surface area contributed by atoms with E-state index in [-0.39, 0.29) is 4.90 Å². The number of aryl methyl sites for hydroxylation is 1. The first kappa shape index (κ1) is 14.0. The molecule has 1 aliphatic rings. The predicted octanol–water partition coefficient (Wildman–Crippen LogP) is 2.52. The molecule has 0 unspecified atom stereocenters. The van der Waals surface area contributed by atoms with Crippen LogP contribution in [0.3, 0.4) is 0 Å². The van der Waals surface area contributed by atoms with Crippen molar-refractivity contribution in [3.63, 3.8) is 0 Å². The van der Waals surface area contributed by atoms with Crippen molar-refractivity contribution in [2.75, 3.05) is 5.88 Å². The Kier molecular flexibility index (Phi) is 5.40. The van der Waals surface area contributed by atoms with E-state index in [4.69, 9.17) is 4.55 Å². The first-order chi connectivity index (χ1) is 8.00. The molecule has 1 aromatic rings. The standard InChI is InChI=1S/C7H8O3S.C4H5NS/c1-6-2-4-7(5-3-6)11(8,9)10;1-2-5-4-6-3-1/h2-5H,1H3,(H,8,9,10);1-3H,4H2. The van der Waals surface area contributed by atoms with Crippen molar-refractivity contribution >= 4 is 28.1 Å². The van der Waals surface area contributed by atoms with Gasteiger partial charge in [-0.1, -0.05) is 17.7 Å². The van der Waals surface area contributed by atoms with Crippen molar-refractivity contribution in [2.24, 2.45) is 4.99 Å². The summed E-state index contributed by atoms with van der Waals surface area (Å²) in [5.41, 5.74) is 0.956. The van der Waals surface area contributed by atoms with Gasteiger partial charge in [-0.25, -0.2) is 0 Å². The van der Waals surface area contributed by atoms with Gasteiger partial charge in [0.1, 0.15) is 0 Å². The van der Waals surface area contributed by atoms with Crippen LogP contribution in [0, 0.1) is 6.92 Å². The summed E-state index contributed by atoms with van der Waals surface area (Å²) in [5.74, 6) is 0.899. The molecule has 92 valence electrons. The van der Waals surface area contributed by atoms with E-state index in [1.807, 2.05) is 24.6 Å². The van der Waals surface area contributed by atoms with E-state index < -0.39 is 10.1 Å². The van der Waals surface area contributed by atoms with E-state index in [0.717, 1.165) is 11.4 Å². The zero-order valence-electron chi connectivity index (χ0n) is 9.28. The molecule has 0 fully saturated rings. The molecule has 0 atom stereocenters. The monoisotopic (exact) mass is 271 g/mol. The van der Waals surface area contributed by atoms with Gasteiger partial charge in [0.25, 0.3) is 10.1 Å². The molecule has 0 aliphatic carbocycles. The summed E-state index contributed by atoms with van der Waals surface area (Å²) in [6.45, 7) is 1.84. The fourth-order valence-electron chi connectivity index (χ4n) is 0.991. The molecule has 4 nitrogen and oxygen atoms in total. The van der Waals surface area contributed by atoms with Gasteiger partial charge in [0.2, 0.25) is 0 Å². The van der Waals surface area contributed by atoms with Gasteiger partial charge in [0.15, 0.2) is 0 Å². The molecule has 17 heavy (non-hydrogen) atoms. The molecule has 1 heterocycles. The molecule has 0 aromatic heterocycles. The van der Waals surface area contributed by atoms with Crippen LogP contribution in [0.5, 0.6) is 0 Å². The van der Waals surface area contributed by atoms with Crippen LogP contribution >= 0.6 is 11.8 Å². The van der Waals surface area contributed by atoms with Crippen molar-refractivity contribution in [1.82, 2.24) is 0 Å². The van der Waals surface area contributed by atoms with Gasteiger partial charge in [0, 0.05) is 6.21 Å². The summed E-state index contributed by atoms with van der Waals surface area (Å²) in [6.07, 6.45) is 3.75. The summed E-state index contributed by atoms with van der Waals surface area (Å²) >= 11 is 1.72. The van der Waals surface area contributed by atoms with Crippen LogP contribution in [0.15, 0.2) is 45.6 Å². The maximum absolute atomic E-state index is 10.5. The highest BCUT2D eigenvalue weighted by atomic mass is 32.2. The van der Waals surface area contributed by atoms with Gasteiger partial charge in [-0.15, -0.1) is 11.8 Å². The van der Waals surface area contributed by atoms with Crippen molar-refractivity contribution in [2.45, 2.75) is 11.8 Å². The Hall–Kier alpha value is -1.11. The maximum Gasteiger partial charge on any atom is 0.294 e. The topological polar surface area (TPSA) is 66.7 Å². The molecule has 0 radical (unpaired) electrons. The highest BCUT2D eigenvalue weighted by Crippen LogP contribution is 2.08. The van der Waals surface area contributed by atoms with E-state index in [0.29, 0.717) is 0 Å². The Morgan fingerprint density at radius 1 is 1.29 bits per heavy atom. The minimum Gasteiger partial charge on any atom is -0.282 e. The molecule has 1 aliphatic heterocycles. The molecule has 2 rings (SSSR count). The molecular weight excluding hydrogens is 258 g/mol. The minimum absolute atomic E-state index is 0.0666. The van der Waals surface area contributed by atoms with Gasteiger partial charge < -0.3 is 0 Å². The SMILES string of the molecule is C1=CSCN=C1.Cc1ccc(S(=O)(=O)O)cc1. The Morgan fingerprint density at radius 2 is 1.94 bits per heavy atom. The maximum atomic E-state index is 10.5. The fourth-order valence-corrected chi connectivity index (χ4v) is 1.91. The van der Waals surface area contributed by atoms with Gasteiger partial charge in [-0.05, 0) is 30.5 Å². The number of rotatable bonds is 1. The summed E-state index contributed by atoms with van der Waals surface area (Å²) in [6, 6.07) is 5.99. The Bertz CT molecular complexity index is 492. The summed E-state index contributed by atoms with van der Waals surface area (Å²) in [4.78, 5) is 3.86. The second-order valence-electron chi connectivity index (χ2n) is 3.24. The Morgan fingerprint density at radius 3 is 2.24 bits per heavy atom. The number of benzene rings is 1. The average molecular weight is 271 g/mol. The van der Waals surface area contributed by atoms with Crippen LogP contribution in [0.1, 0.15) is 5.56 Å². The number of thioether (sulfide) groups is 1. The molecule has 1 N–H and O–H groups in total. The van der Waals surface area contributed by atoms with Crippen LogP contribution in [-0.2, 0) is 10.1 Å². The van der Waals surface area contributed by atoms with Gasteiger partial charge >= 0.3 is 0 Å². The lowest BCUT2D eigenvalue weighted by molar-refractivity contribution is 0.483. The van der Waals surface area contributed by atoms with E-state index >= 15 is 0 Å². The van der Waals surface area contributed by atoms with Gasteiger partial charge in [0.05, 0.1) is 10.8 Å². The second kappa shape index (κ2) is 6.58. The lowest BCUT2D eigenvalue weighted by Gasteiger charge is -1.95. The first-order valence-electron chi connectivity index (χ1n) is 4.81. The molecule has 0 amide bonds. The fraction of sp³-hybridized carbons (Fsp3) is 0.182. The van der Waals surface area contributed by atoms with E-state index in [1.165, 1.54) is 12.1 Å². The van der Waals surface area contributed by atoms with Gasteiger partial charge in [-0.3, -0.25) is 9.55 Å². The zero-order chi connectivity index (χ0) is 12.7. The number of allylic oxidation sites excluding steroid dienone is 1.